The van der Waals surface area contributed by atoms with E-state index in [-0.39, 0.29) is 11.7 Å². The number of likely N-dealkylation sites (N-methyl/N-ethyl adjacent to an activating group) is 1. The minimum Gasteiger partial charge on any atom is -0.495 e. The van der Waals surface area contributed by atoms with Gasteiger partial charge in [0.1, 0.15) is 5.75 Å². The van der Waals surface area contributed by atoms with Gasteiger partial charge in [-0.05, 0) is 25.2 Å². The minimum absolute atomic E-state index is 0.0545. The number of piperazine rings is 1. The van der Waals surface area contributed by atoms with E-state index >= 15 is 0 Å². The highest BCUT2D eigenvalue weighted by Gasteiger charge is 2.18. The fraction of sp³-hybridized carbons (Fsp3) is 0.500. The van der Waals surface area contributed by atoms with E-state index in [0.29, 0.717) is 23.5 Å². The van der Waals surface area contributed by atoms with Gasteiger partial charge in [-0.1, -0.05) is 0 Å². The van der Waals surface area contributed by atoms with Crippen LogP contribution in [-0.2, 0) is 4.79 Å². The number of rotatable bonds is 5. The third-order valence-electron chi connectivity index (χ3n) is 3.80. The van der Waals surface area contributed by atoms with Gasteiger partial charge in [0.25, 0.3) is 0 Å². The molecule has 1 N–H and O–H groups in total. The van der Waals surface area contributed by atoms with Crippen LogP contribution in [0.25, 0.3) is 0 Å². The van der Waals surface area contributed by atoms with Crippen LogP contribution in [0.5, 0.6) is 5.75 Å². The SMILES string of the molecule is COc1ccc(C(=O)CN2CCN(C)CC2)cc1NC(C)=O. The van der Waals surface area contributed by atoms with E-state index in [1.165, 1.54) is 14.0 Å². The first-order chi connectivity index (χ1) is 10.5. The largest absolute Gasteiger partial charge is 0.495 e. The predicted molar refractivity (Wildman–Crippen MR) is 85.6 cm³/mol. The van der Waals surface area contributed by atoms with Crippen molar-refractivity contribution in [3.8, 4) is 5.75 Å². The van der Waals surface area contributed by atoms with Crippen LogP contribution in [0.15, 0.2) is 18.2 Å². The van der Waals surface area contributed by atoms with Gasteiger partial charge in [0, 0.05) is 38.7 Å². The van der Waals surface area contributed by atoms with Crippen molar-refractivity contribution in [3.05, 3.63) is 23.8 Å². The van der Waals surface area contributed by atoms with Crippen molar-refractivity contribution in [1.29, 1.82) is 0 Å². The summed E-state index contributed by atoms with van der Waals surface area (Å²) in [4.78, 5) is 28.1. The Labute approximate surface area is 131 Å². The molecule has 1 fully saturated rings. The van der Waals surface area contributed by atoms with Crippen molar-refractivity contribution in [2.24, 2.45) is 0 Å². The Balaban J connectivity index is 2.07. The number of hydrogen-bond donors (Lipinski definition) is 1. The van der Waals surface area contributed by atoms with E-state index in [1.807, 2.05) is 0 Å². The van der Waals surface area contributed by atoms with Crippen LogP contribution in [-0.4, -0.2) is 68.4 Å². The zero-order valence-corrected chi connectivity index (χ0v) is 13.4. The number of ether oxygens (including phenoxy) is 1. The molecule has 0 atom stereocenters. The van der Waals surface area contributed by atoms with Gasteiger partial charge in [0.05, 0.1) is 19.3 Å². The molecule has 0 radical (unpaired) electrons. The van der Waals surface area contributed by atoms with Gasteiger partial charge in [-0.3, -0.25) is 14.5 Å². The lowest BCUT2D eigenvalue weighted by Gasteiger charge is -2.31. The van der Waals surface area contributed by atoms with Crippen LogP contribution in [0, 0.1) is 0 Å². The second-order valence-corrected chi connectivity index (χ2v) is 5.60. The Morgan fingerprint density at radius 1 is 1.23 bits per heavy atom. The number of ketones is 1. The smallest absolute Gasteiger partial charge is 0.221 e. The topological polar surface area (TPSA) is 61.9 Å². The van der Waals surface area contributed by atoms with Crippen LogP contribution in [0.1, 0.15) is 17.3 Å². The first-order valence-electron chi connectivity index (χ1n) is 7.39. The molecule has 1 heterocycles. The number of hydrogen-bond acceptors (Lipinski definition) is 5. The first-order valence-corrected chi connectivity index (χ1v) is 7.39. The Bertz CT molecular complexity index is 552. The molecule has 120 valence electrons. The summed E-state index contributed by atoms with van der Waals surface area (Å²) in [6.07, 6.45) is 0. The molecule has 1 aromatic carbocycles. The van der Waals surface area contributed by atoms with Crippen LogP contribution in [0.3, 0.4) is 0 Å². The number of methoxy groups -OCH3 is 1. The van der Waals surface area contributed by atoms with E-state index in [4.69, 9.17) is 4.74 Å². The molecule has 0 bridgehead atoms. The number of carbonyl (C=O) groups excluding carboxylic acids is 2. The highest BCUT2D eigenvalue weighted by Crippen LogP contribution is 2.25. The second-order valence-electron chi connectivity index (χ2n) is 5.60. The molecule has 22 heavy (non-hydrogen) atoms. The van der Waals surface area contributed by atoms with Crippen molar-refractivity contribution in [2.75, 3.05) is 52.2 Å². The number of Topliss-reactive ketones (excluding diaryl/α,β-unsaturated/α-hetero) is 1. The molecule has 2 rings (SSSR count). The van der Waals surface area contributed by atoms with Crippen molar-refractivity contribution in [1.82, 2.24) is 9.80 Å². The fourth-order valence-electron chi connectivity index (χ4n) is 2.47. The van der Waals surface area contributed by atoms with Gasteiger partial charge in [-0.15, -0.1) is 0 Å². The molecule has 0 spiro atoms. The molecule has 6 nitrogen and oxygen atoms in total. The molecule has 0 unspecified atom stereocenters. The van der Waals surface area contributed by atoms with E-state index in [0.717, 1.165) is 26.2 Å². The lowest BCUT2D eigenvalue weighted by Crippen LogP contribution is -2.46. The number of anilines is 1. The summed E-state index contributed by atoms with van der Waals surface area (Å²) in [6.45, 7) is 5.59. The third kappa shape index (κ3) is 4.29. The number of amides is 1. The van der Waals surface area contributed by atoms with Crippen molar-refractivity contribution in [3.63, 3.8) is 0 Å². The van der Waals surface area contributed by atoms with Crippen molar-refractivity contribution < 1.29 is 14.3 Å². The lowest BCUT2D eigenvalue weighted by atomic mass is 10.1. The molecular formula is C16H23N3O3. The molecule has 6 heteroatoms. The quantitative estimate of drug-likeness (QED) is 0.825. The molecule has 1 aromatic rings. The Morgan fingerprint density at radius 2 is 1.91 bits per heavy atom. The number of nitrogens with one attached hydrogen (secondary N) is 1. The third-order valence-corrected chi connectivity index (χ3v) is 3.80. The van der Waals surface area contributed by atoms with Gasteiger partial charge in [-0.2, -0.15) is 0 Å². The fourth-order valence-corrected chi connectivity index (χ4v) is 2.47. The maximum Gasteiger partial charge on any atom is 0.221 e. The maximum absolute atomic E-state index is 12.4. The summed E-state index contributed by atoms with van der Waals surface area (Å²) < 4.78 is 5.20. The summed E-state index contributed by atoms with van der Waals surface area (Å²) in [6, 6.07) is 5.13. The Kier molecular flexibility index (Phi) is 5.51. The molecular weight excluding hydrogens is 282 g/mol. The van der Waals surface area contributed by atoms with Gasteiger partial charge in [0.15, 0.2) is 5.78 Å². The van der Waals surface area contributed by atoms with Crippen molar-refractivity contribution in [2.45, 2.75) is 6.92 Å². The molecule has 1 aliphatic rings. The van der Waals surface area contributed by atoms with E-state index in [2.05, 4.69) is 22.2 Å². The summed E-state index contributed by atoms with van der Waals surface area (Å²) in [5.41, 5.74) is 1.11. The predicted octanol–water partition coefficient (Wildman–Crippen LogP) is 1.08. The number of benzene rings is 1. The van der Waals surface area contributed by atoms with Crippen LogP contribution < -0.4 is 10.1 Å². The molecule has 0 aromatic heterocycles. The summed E-state index contributed by atoms with van der Waals surface area (Å²) in [7, 11) is 3.62. The molecule has 1 aliphatic heterocycles. The van der Waals surface area contributed by atoms with Crippen molar-refractivity contribution >= 4 is 17.4 Å². The molecule has 1 amide bonds. The van der Waals surface area contributed by atoms with E-state index in [9.17, 15) is 9.59 Å². The molecule has 0 aliphatic carbocycles. The average Bonchev–Trinajstić information content (AvgIpc) is 2.49. The highest BCUT2D eigenvalue weighted by molar-refractivity contribution is 6.00. The van der Waals surface area contributed by atoms with Gasteiger partial charge in [-0.25, -0.2) is 0 Å². The normalized spacial score (nSPS) is 16.3. The minimum atomic E-state index is -0.193. The monoisotopic (exact) mass is 305 g/mol. The lowest BCUT2D eigenvalue weighted by molar-refractivity contribution is -0.114. The summed E-state index contributed by atoms with van der Waals surface area (Å²) >= 11 is 0. The Morgan fingerprint density at radius 3 is 2.50 bits per heavy atom. The highest BCUT2D eigenvalue weighted by atomic mass is 16.5. The van der Waals surface area contributed by atoms with Crippen LogP contribution in [0.4, 0.5) is 5.69 Å². The Hall–Kier alpha value is -1.92. The standard InChI is InChI=1S/C16H23N3O3/c1-12(20)17-14-10-13(4-5-16(14)22-3)15(21)11-19-8-6-18(2)7-9-19/h4-5,10H,6-9,11H2,1-3H3,(H,17,20). The number of nitrogens with zero attached hydrogens (tertiary/aromatic N) is 2. The second kappa shape index (κ2) is 7.38. The molecule has 1 saturated heterocycles. The van der Waals surface area contributed by atoms with Gasteiger partial charge in [0.2, 0.25) is 5.91 Å². The van der Waals surface area contributed by atoms with Crippen LogP contribution >= 0.6 is 0 Å². The van der Waals surface area contributed by atoms with Gasteiger partial charge < -0.3 is 15.0 Å². The molecule has 0 saturated carbocycles. The summed E-state index contributed by atoms with van der Waals surface area (Å²) in [5, 5.41) is 2.69. The summed E-state index contributed by atoms with van der Waals surface area (Å²) in [5.74, 6) is 0.409. The van der Waals surface area contributed by atoms with Crippen LogP contribution in [0.2, 0.25) is 0 Å². The first kappa shape index (κ1) is 16.5. The maximum atomic E-state index is 12.4. The zero-order chi connectivity index (χ0) is 16.1. The van der Waals surface area contributed by atoms with Gasteiger partial charge >= 0.3 is 0 Å². The average molecular weight is 305 g/mol. The number of carbonyl (C=O) groups is 2. The van der Waals surface area contributed by atoms with E-state index < -0.39 is 0 Å². The zero-order valence-electron chi connectivity index (χ0n) is 13.4. The van der Waals surface area contributed by atoms with E-state index in [1.54, 1.807) is 18.2 Å².